The Hall–Kier alpha value is -3.83. The van der Waals surface area contributed by atoms with Crippen LogP contribution in [0, 0.1) is 11.3 Å². The van der Waals surface area contributed by atoms with Crippen molar-refractivity contribution in [2.75, 3.05) is 48.4 Å². The summed E-state index contributed by atoms with van der Waals surface area (Å²) in [5.41, 5.74) is 5.46. The number of nitriles is 1. The topological polar surface area (TPSA) is 137 Å². The second kappa shape index (κ2) is 9.80. The zero-order chi connectivity index (χ0) is 28.0. The Kier molecular flexibility index (Phi) is 7.02. The van der Waals surface area contributed by atoms with E-state index in [1.165, 1.54) is 28.2 Å². The monoisotopic (exact) mass is 549 g/mol. The van der Waals surface area contributed by atoms with Crippen LogP contribution in [0.25, 0.3) is 10.9 Å². The third-order valence-corrected chi connectivity index (χ3v) is 7.86. The second-order valence-electron chi connectivity index (χ2n) is 9.19. The molecular weight excluding hydrogens is 523 g/mol. The van der Waals surface area contributed by atoms with Crippen LogP contribution in [-0.2, 0) is 23.2 Å². The van der Waals surface area contributed by atoms with Gasteiger partial charge in [-0.3, -0.25) is 4.79 Å². The van der Waals surface area contributed by atoms with E-state index in [0.717, 1.165) is 18.4 Å². The van der Waals surface area contributed by atoms with Crippen LogP contribution in [0.2, 0.25) is 0 Å². The second-order valence-corrected chi connectivity index (χ2v) is 11.2. The summed E-state index contributed by atoms with van der Waals surface area (Å²) < 4.78 is 66.4. The van der Waals surface area contributed by atoms with Crippen molar-refractivity contribution in [1.82, 2.24) is 13.9 Å². The third kappa shape index (κ3) is 5.25. The van der Waals surface area contributed by atoms with Gasteiger partial charge in [0.05, 0.1) is 28.9 Å². The summed E-state index contributed by atoms with van der Waals surface area (Å²) in [6.07, 6.45) is -2.15. The average molecular weight is 550 g/mol. The standard InChI is InChI=1S/C24H26F3N7O3S/c1-14(15-8-17(24(25,26)27)10-18(29)9-15)31-22-19-11-20(33-4-6-34(7-5-33)38(3,36)37)23(35)32(2)21(19)16(12-28)13-30-22/h8-11,13-14H,4-7,29H2,1-3H3,(H,30,31)/t14-/m1/s1. The molecule has 10 nitrogen and oxygen atoms in total. The van der Waals surface area contributed by atoms with Gasteiger partial charge in [-0.15, -0.1) is 0 Å². The van der Waals surface area contributed by atoms with Crippen LogP contribution in [0.3, 0.4) is 0 Å². The Morgan fingerprint density at radius 1 is 1.16 bits per heavy atom. The number of hydrogen-bond acceptors (Lipinski definition) is 8. The third-order valence-electron chi connectivity index (χ3n) is 6.56. The van der Waals surface area contributed by atoms with Crippen LogP contribution >= 0.6 is 0 Å². The van der Waals surface area contributed by atoms with Gasteiger partial charge in [0.15, 0.2) is 0 Å². The lowest BCUT2D eigenvalue weighted by molar-refractivity contribution is -0.137. The first kappa shape index (κ1) is 27.2. The maximum atomic E-state index is 13.3. The summed E-state index contributed by atoms with van der Waals surface area (Å²) in [5.74, 6) is 0.258. The molecule has 3 N–H and O–H groups in total. The maximum Gasteiger partial charge on any atom is 0.416 e. The number of nitrogens with one attached hydrogen (secondary N) is 1. The molecule has 3 aromatic rings. The number of anilines is 3. The number of hydrogen-bond donors (Lipinski definition) is 2. The highest BCUT2D eigenvalue weighted by Crippen LogP contribution is 2.34. The minimum absolute atomic E-state index is 0.0426. The number of pyridine rings is 2. The summed E-state index contributed by atoms with van der Waals surface area (Å²) in [6.45, 7) is 2.61. The summed E-state index contributed by atoms with van der Waals surface area (Å²) in [5, 5.41) is 13.2. The summed E-state index contributed by atoms with van der Waals surface area (Å²) in [7, 11) is -1.85. The number of fused-ring (bicyclic) bond motifs is 1. The number of rotatable bonds is 5. The minimum Gasteiger partial charge on any atom is -0.399 e. The van der Waals surface area contributed by atoms with Gasteiger partial charge in [-0.2, -0.15) is 22.7 Å². The number of benzene rings is 1. The predicted octanol–water partition coefficient (Wildman–Crippen LogP) is 2.66. The quantitative estimate of drug-likeness (QED) is 0.464. The number of nitrogens with zero attached hydrogens (tertiary/aromatic N) is 5. The number of piperazine rings is 1. The molecule has 0 unspecified atom stereocenters. The van der Waals surface area contributed by atoms with E-state index in [0.29, 0.717) is 16.6 Å². The van der Waals surface area contributed by atoms with Crippen LogP contribution in [0.15, 0.2) is 35.3 Å². The van der Waals surface area contributed by atoms with E-state index < -0.39 is 27.8 Å². The highest BCUT2D eigenvalue weighted by molar-refractivity contribution is 7.88. The number of halogens is 3. The van der Waals surface area contributed by atoms with E-state index in [-0.39, 0.29) is 54.4 Å². The molecule has 0 aliphatic carbocycles. The molecule has 14 heteroatoms. The first-order valence-electron chi connectivity index (χ1n) is 11.6. The van der Waals surface area contributed by atoms with Gasteiger partial charge in [-0.05, 0) is 36.8 Å². The molecular formula is C24H26F3N7O3S. The molecule has 1 atom stereocenters. The van der Waals surface area contributed by atoms with E-state index in [2.05, 4.69) is 10.3 Å². The Balaban J connectivity index is 1.77. The fraction of sp³-hybridized carbons (Fsp3) is 0.375. The molecule has 0 bridgehead atoms. The van der Waals surface area contributed by atoms with Gasteiger partial charge in [0.25, 0.3) is 5.56 Å². The van der Waals surface area contributed by atoms with E-state index >= 15 is 0 Å². The SMILES string of the molecule is C[C@@H](Nc1ncc(C#N)c2c1cc(N1CCN(S(C)(=O)=O)CC1)c(=O)n2C)c1cc(N)cc(C(F)(F)F)c1. The van der Waals surface area contributed by atoms with E-state index in [1.54, 1.807) is 17.9 Å². The number of sulfonamides is 1. The van der Waals surface area contributed by atoms with Crippen LogP contribution < -0.4 is 21.5 Å². The van der Waals surface area contributed by atoms with Crippen molar-refractivity contribution in [3.05, 3.63) is 57.5 Å². The fourth-order valence-corrected chi connectivity index (χ4v) is 5.38. The van der Waals surface area contributed by atoms with Gasteiger partial charge >= 0.3 is 6.18 Å². The normalized spacial score (nSPS) is 15.9. The summed E-state index contributed by atoms with van der Waals surface area (Å²) in [4.78, 5) is 19.4. The lowest BCUT2D eigenvalue weighted by Gasteiger charge is -2.34. The zero-order valence-corrected chi connectivity index (χ0v) is 21.7. The Bertz CT molecular complexity index is 1610. The molecule has 0 amide bonds. The molecule has 1 fully saturated rings. The van der Waals surface area contributed by atoms with Gasteiger partial charge in [0.1, 0.15) is 17.6 Å². The van der Waals surface area contributed by atoms with Gasteiger partial charge in [-0.1, -0.05) is 0 Å². The number of aryl methyl sites for hydroxylation is 1. The van der Waals surface area contributed by atoms with Crippen molar-refractivity contribution in [3.63, 3.8) is 0 Å². The van der Waals surface area contributed by atoms with Crippen molar-refractivity contribution in [2.45, 2.75) is 19.1 Å². The van der Waals surface area contributed by atoms with Gasteiger partial charge in [-0.25, -0.2) is 13.4 Å². The highest BCUT2D eigenvalue weighted by Gasteiger charge is 2.32. The molecule has 1 saturated heterocycles. The molecule has 3 heterocycles. The van der Waals surface area contributed by atoms with Crippen molar-refractivity contribution in [1.29, 1.82) is 5.26 Å². The van der Waals surface area contributed by atoms with Gasteiger partial charge in [0.2, 0.25) is 10.0 Å². The maximum absolute atomic E-state index is 13.3. The Labute approximate surface area is 217 Å². The minimum atomic E-state index is -4.57. The van der Waals surface area contributed by atoms with Crippen LogP contribution in [0.4, 0.5) is 30.4 Å². The lowest BCUT2D eigenvalue weighted by atomic mass is 10.0. The van der Waals surface area contributed by atoms with Crippen molar-refractivity contribution < 1.29 is 21.6 Å². The molecule has 202 valence electrons. The predicted molar refractivity (Wildman–Crippen MR) is 138 cm³/mol. The number of nitrogens with two attached hydrogens (primary N) is 1. The summed E-state index contributed by atoms with van der Waals surface area (Å²) in [6, 6.07) is 6.23. The fourth-order valence-electron chi connectivity index (χ4n) is 4.55. The van der Waals surface area contributed by atoms with E-state index in [9.17, 15) is 31.6 Å². The zero-order valence-electron chi connectivity index (χ0n) is 20.9. The molecule has 1 aromatic carbocycles. The smallest absolute Gasteiger partial charge is 0.399 e. The molecule has 1 aliphatic heterocycles. The van der Waals surface area contributed by atoms with E-state index in [1.807, 2.05) is 6.07 Å². The largest absolute Gasteiger partial charge is 0.416 e. The molecule has 38 heavy (non-hydrogen) atoms. The first-order chi connectivity index (χ1) is 17.7. The van der Waals surface area contributed by atoms with Crippen molar-refractivity contribution >= 4 is 38.1 Å². The van der Waals surface area contributed by atoms with Crippen LogP contribution in [0.5, 0.6) is 0 Å². The molecule has 1 aliphatic rings. The Morgan fingerprint density at radius 2 is 1.82 bits per heavy atom. The lowest BCUT2D eigenvalue weighted by Crippen LogP contribution is -2.49. The Morgan fingerprint density at radius 3 is 2.39 bits per heavy atom. The summed E-state index contributed by atoms with van der Waals surface area (Å²) >= 11 is 0. The van der Waals surface area contributed by atoms with Crippen molar-refractivity contribution in [3.8, 4) is 6.07 Å². The molecule has 0 spiro atoms. The molecule has 2 aromatic heterocycles. The van der Waals surface area contributed by atoms with Gasteiger partial charge in [0, 0.05) is 50.5 Å². The van der Waals surface area contributed by atoms with Crippen LogP contribution in [-0.4, -0.2) is 54.7 Å². The highest BCUT2D eigenvalue weighted by atomic mass is 32.2. The first-order valence-corrected chi connectivity index (χ1v) is 13.4. The van der Waals surface area contributed by atoms with Crippen LogP contribution in [0.1, 0.15) is 29.7 Å². The molecule has 0 radical (unpaired) electrons. The molecule has 4 rings (SSSR count). The molecule has 0 saturated carbocycles. The number of nitrogen functional groups attached to an aromatic ring is 1. The van der Waals surface area contributed by atoms with E-state index in [4.69, 9.17) is 5.73 Å². The van der Waals surface area contributed by atoms with Gasteiger partial charge < -0.3 is 20.5 Å². The number of alkyl halides is 3. The van der Waals surface area contributed by atoms with Crippen molar-refractivity contribution in [2.24, 2.45) is 7.05 Å². The number of aromatic nitrogens is 2. The average Bonchev–Trinajstić information content (AvgIpc) is 2.85.